The van der Waals surface area contributed by atoms with E-state index < -0.39 is 12.8 Å². The first-order valence-electron chi connectivity index (χ1n) is 4.96. The van der Waals surface area contributed by atoms with E-state index in [0.29, 0.717) is 11.3 Å². The van der Waals surface area contributed by atoms with Crippen LogP contribution in [0.1, 0.15) is 18.5 Å². The highest BCUT2D eigenvalue weighted by Gasteiger charge is 2.28. The van der Waals surface area contributed by atoms with Crippen molar-refractivity contribution in [2.75, 3.05) is 13.7 Å². The Morgan fingerprint density at radius 1 is 1.35 bits per heavy atom. The maximum absolute atomic E-state index is 12.0. The van der Waals surface area contributed by atoms with E-state index in [-0.39, 0.29) is 11.8 Å². The summed E-state index contributed by atoms with van der Waals surface area (Å²) in [6, 6.07) is 4.05. The summed E-state index contributed by atoms with van der Waals surface area (Å²) in [4.78, 5) is 0. The quantitative estimate of drug-likeness (QED) is 0.892. The van der Waals surface area contributed by atoms with Crippen molar-refractivity contribution in [3.05, 3.63) is 23.8 Å². The molecule has 1 aromatic rings. The summed E-state index contributed by atoms with van der Waals surface area (Å²) in [6.07, 6.45) is -4.35. The molecule has 0 aliphatic carbocycles. The Morgan fingerprint density at radius 2 is 2.00 bits per heavy atom. The number of rotatable bonds is 4. The van der Waals surface area contributed by atoms with Crippen molar-refractivity contribution >= 4 is 0 Å². The molecule has 6 heteroatoms. The highest BCUT2D eigenvalue weighted by molar-refractivity contribution is 5.41. The van der Waals surface area contributed by atoms with Crippen LogP contribution in [0.4, 0.5) is 13.2 Å². The Kier molecular flexibility index (Phi) is 4.22. The molecule has 2 N–H and O–H groups in total. The van der Waals surface area contributed by atoms with Crippen LogP contribution >= 0.6 is 0 Å². The number of methoxy groups -OCH3 is 1. The lowest BCUT2D eigenvalue weighted by atomic mass is 10.1. The van der Waals surface area contributed by atoms with Gasteiger partial charge in [-0.15, -0.1) is 0 Å². The molecular formula is C11H14F3NO2. The van der Waals surface area contributed by atoms with E-state index in [4.69, 9.17) is 10.5 Å². The third kappa shape index (κ3) is 4.14. The lowest BCUT2D eigenvalue weighted by Gasteiger charge is -2.14. The predicted molar refractivity (Wildman–Crippen MR) is 57.1 cm³/mol. The zero-order valence-electron chi connectivity index (χ0n) is 9.54. The van der Waals surface area contributed by atoms with Gasteiger partial charge in [-0.1, -0.05) is 0 Å². The second-order valence-corrected chi connectivity index (χ2v) is 3.60. The first-order valence-corrected chi connectivity index (χ1v) is 4.96. The lowest BCUT2D eigenvalue weighted by Crippen LogP contribution is -2.19. The van der Waals surface area contributed by atoms with Gasteiger partial charge in [0, 0.05) is 11.6 Å². The second kappa shape index (κ2) is 5.27. The summed E-state index contributed by atoms with van der Waals surface area (Å²) in [7, 11) is 1.47. The minimum absolute atomic E-state index is 0.121. The van der Waals surface area contributed by atoms with Gasteiger partial charge in [0.2, 0.25) is 0 Å². The topological polar surface area (TPSA) is 44.5 Å². The lowest BCUT2D eigenvalue weighted by molar-refractivity contribution is -0.153. The summed E-state index contributed by atoms with van der Waals surface area (Å²) in [5, 5.41) is 0. The molecule has 0 amide bonds. The average molecular weight is 249 g/mol. The van der Waals surface area contributed by atoms with E-state index in [1.54, 1.807) is 6.92 Å². The van der Waals surface area contributed by atoms with Crippen molar-refractivity contribution in [2.45, 2.75) is 19.1 Å². The molecule has 0 radical (unpaired) electrons. The predicted octanol–water partition coefficient (Wildman–Crippen LogP) is 2.66. The van der Waals surface area contributed by atoms with Gasteiger partial charge in [0.1, 0.15) is 11.5 Å². The Balaban J connectivity index is 2.85. The summed E-state index contributed by atoms with van der Waals surface area (Å²) >= 11 is 0. The summed E-state index contributed by atoms with van der Waals surface area (Å²) < 4.78 is 45.6. The number of halogens is 3. The minimum Gasteiger partial charge on any atom is -0.496 e. The fourth-order valence-corrected chi connectivity index (χ4v) is 1.32. The highest BCUT2D eigenvalue weighted by Crippen LogP contribution is 2.29. The van der Waals surface area contributed by atoms with Crippen molar-refractivity contribution in [1.82, 2.24) is 0 Å². The molecule has 0 saturated carbocycles. The van der Waals surface area contributed by atoms with Crippen LogP contribution in [0.15, 0.2) is 18.2 Å². The van der Waals surface area contributed by atoms with Crippen LogP contribution in [0.25, 0.3) is 0 Å². The van der Waals surface area contributed by atoms with E-state index in [2.05, 4.69) is 4.74 Å². The van der Waals surface area contributed by atoms with Crippen LogP contribution < -0.4 is 15.2 Å². The molecule has 0 spiro atoms. The molecule has 0 saturated heterocycles. The van der Waals surface area contributed by atoms with Crippen LogP contribution in [0.5, 0.6) is 11.5 Å². The Hall–Kier alpha value is -1.43. The van der Waals surface area contributed by atoms with Gasteiger partial charge < -0.3 is 15.2 Å². The van der Waals surface area contributed by atoms with Gasteiger partial charge in [0.25, 0.3) is 0 Å². The molecule has 0 aromatic heterocycles. The van der Waals surface area contributed by atoms with Crippen LogP contribution in [0.2, 0.25) is 0 Å². The van der Waals surface area contributed by atoms with E-state index >= 15 is 0 Å². The standard InChI is InChI=1S/C11H14F3NO2/c1-7(15)9-5-8(3-4-10(9)16-2)17-6-11(12,13)14/h3-5,7H,6,15H2,1-2H3. The second-order valence-electron chi connectivity index (χ2n) is 3.60. The van der Waals surface area contributed by atoms with Gasteiger partial charge in [0.15, 0.2) is 6.61 Å². The average Bonchev–Trinajstić information content (AvgIpc) is 2.25. The number of hydrogen-bond acceptors (Lipinski definition) is 3. The van der Waals surface area contributed by atoms with Crippen molar-refractivity contribution in [3.63, 3.8) is 0 Å². The van der Waals surface area contributed by atoms with E-state index in [1.807, 2.05) is 0 Å². The van der Waals surface area contributed by atoms with E-state index in [9.17, 15) is 13.2 Å². The SMILES string of the molecule is COc1ccc(OCC(F)(F)F)cc1C(C)N. The third-order valence-electron chi connectivity index (χ3n) is 2.09. The molecule has 1 rings (SSSR count). The molecule has 1 aromatic carbocycles. The molecule has 0 heterocycles. The smallest absolute Gasteiger partial charge is 0.422 e. The first-order chi connectivity index (χ1) is 7.83. The summed E-state index contributed by atoms with van der Waals surface area (Å²) in [6.45, 7) is 0.392. The zero-order chi connectivity index (χ0) is 13.1. The fraction of sp³-hybridized carbons (Fsp3) is 0.455. The summed E-state index contributed by atoms with van der Waals surface area (Å²) in [5.41, 5.74) is 6.29. The van der Waals surface area contributed by atoms with Gasteiger partial charge in [-0.2, -0.15) is 13.2 Å². The molecule has 1 unspecified atom stereocenters. The normalized spacial score (nSPS) is 13.3. The molecule has 96 valence electrons. The zero-order valence-corrected chi connectivity index (χ0v) is 9.54. The molecule has 0 fully saturated rings. The molecule has 3 nitrogen and oxygen atoms in total. The minimum atomic E-state index is -4.35. The molecule has 0 aliphatic rings. The molecule has 0 bridgehead atoms. The van der Waals surface area contributed by atoms with Gasteiger partial charge in [-0.3, -0.25) is 0 Å². The van der Waals surface area contributed by atoms with Crippen molar-refractivity contribution < 1.29 is 22.6 Å². The molecule has 0 aliphatic heterocycles. The van der Waals surface area contributed by atoms with Crippen molar-refractivity contribution in [3.8, 4) is 11.5 Å². The van der Waals surface area contributed by atoms with Gasteiger partial charge in [0.05, 0.1) is 7.11 Å². The van der Waals surface area contributed by atoms with Gasteiger partial charge >= 0.3 is 6.18 Å². The number of hydrogen-bond donors (Lipinski definition) is 1. The van der Waals surface area contributed by atoms with Crippen LogP contribution in [0.3, 0.4) is 0 Å². The van der Waals surface area contributed by atoms with Crippen LogP contribution in [-0.2, 0) is 0 Å². The Labute approximate surface area is 97.3 Å². The van der Waals surface area contributed by atoms with Crippen LogP contribution in [0, 0.1) is 0 Å². The maximum Gasteiger partial charge on any atom is 0.422 e. The number of alkyl halides is 3. The van der Waals surface area contributed by atoms with Crippen LogP contribution in [-0.4, -0.2) is 19.9 Å². The number of benzene rings is 1. The number of nitrogens with two attached hydrogens (primary N) is 1. The molecular weight excluding hydrogens is 235 g/mol. The van der Waals surface area contributed by atoms with E-state index in [1.165, 1.54) is 25.3 Å². The highest BCUT2D eigenvalue weighted by atomic mass is 19.4. The van der Waals surface area contributed by atoms with Gasteiger partial charge in [-0.05, 0) is 25.1 Å². The summed E-state index contributed by atoms with van der Waals surface area (Å²) in [5.74, 6) is 0.648. The maximum atomic E-state index is 12.0. The number of ether oxygens (including phenoxy) is 2. The largest absolute Gasteiger partial charge is 0.496 e. The third-order valence-corrected chi connectivity index (χ3v) is 2.09. The van der Waals surface area contributed by atoms with Crippen molar-refractivity contribution in [2.24, 2.45) is 5.73 Å². The molecule has 1 atom stereocenters. The fourth-order valence-electron chi connectivity index (χ4n) is 1.32. The van der Waals surface area contributed by atoms with Gasteiger partial charge in [-0.25, -0.2) is 0 Å². The Morgan fingerprint density at radius 3 is 2.47 bits per heavy atom. The molecule has 17 heavy (non-hydrogen) atoms. The first kappa shape index (κ1) is 13.6. The monoisotopic (exact) mass is 249 g/mol. The Bertz CT molecular complexity index is 377. The van der Waals surface area contributed by atoms with E-state index in [0.717, 1.165) is 0 Å². The van der Waals surface area contributed by atoms with Crippen molar-refractivity contribution in [1.29, 1.82) is 0 Å².